The average molecular weight is 257 g/mol. The van der Waals surface area contributed by atoms with Crippen molar-refractivity contribution in [3.8, 4) is 0 Å². The molecule has 0 fully saturated rings. The normalized spacial score (nSPS) is 18.9. The Bertz CT molecular complexity index is 542. The Morgan fingerprint density at radius 1 is 1.22 bits per heavy atom. The first-order valence-electron chi connectivity index (χ1n) is 6.76. The van der Waals surface area contributed by atoms with E-state index in [0.717, 1.165) is 0 Å². The third-order valence-electron chi connectivity index (χ3n) is 3.81. The number of thiazole rings is 1. The number of aryl methyl sites for hydroxylation is 1. The minimum Gasteiger partial charge on any atom is -0.249 e. The van der Waals surface area contributed by atoms with Crippen molar-refractivity contribution in [2.24, 2.45) is 0 Å². The van der Waals surface area contributed by atoms with Crippen molar-refractivity contribution in [1.29, 1.82) is 0 Å². The average Bonchev–Trinajstić information content (AvgIpc) is 2.88. The van der Waals surface area contributed by atoms with Gasteiger partial charge in [0.1, 0.15) is 0 Å². The van der Waals surface area contributed by atoms with Crippen molar-refractivity contribution in [2.75, 3.05) is 0 Å². The summed E-state index contributed by atoms with van der Waals surface area (Å²) < 4.78 is 0. The second-order valence-corrected chi connectivity index (χ2v) is 6.56. The summed E-state index contributed by atoms with van der Waals surface area (Å²) in [6, 6.07) is 8.85. The van der Waals surface area contributed by atoms with E-state index in [0.29, 0.717) is 11.8 Å². The number of fused-ring (bicyclic) bond motifs is 1. The summed E-state index contributed by atoms with van der Waals surface area (Å²) >= 11 is 1.91. The molecule has 1 aromatic heterocycles. The SMILES string of the molecule is CC(C)c1cnc(C2CCc3ccccc3C2)s1. The molecule has 94 valence electrons. The van der Waals surface area contributed by atoms with E-state index in [1.165, 1.54) is 40.3 Å². The van der Waals surface area contributed by atoms with Gasteiger partial charge in [-0.2, -0.15) is 0 Å². The monoisotopic (exact) mass is 257 g/mol. The zero-order chi connectivity index (χ0) is 12.5. The fourth-order valence-corrected chi connectivity index (χ4v) is 3.72. The molecule has 18 heavy (non-hydrogen) atoms. The summed E-state index contributed by atoms with van der Waals surface area (Å²) in [6.45, 7) is 4.49. The molecule has 0 radical (unpaired) electrons. The van der Waals surface area contributed by atoms with Crippen LogP contribution < -0.4 is 0 Å². The number of aromatic nitrogens is 1. The van der Waals surface area contributed by atoms with Crippen LogP contribution in [0.5, 0.6) is 0 Å². The molecule has 0 N–H and O–H groups in total. The largest absolute Gasteiger partial charge is 0.249 e. The van der Waals surface area contributed by atoms with Crippen molar-refractivity contribution in [2.45, 2.75) is 44.9 Å². The lowest BCUT2D eigenvalue weighted by atomic mass is 9.84. The van der Waals surface area contributed by atoms with Crippen LogP contribution in [-0.4, -0.2) is 4.98 Å². The van der Waals surface area contributed by atoms with E-state index in [2.05, 4.69) is 49.3 Å². The first kappa shape index (κ1) is 11.9. The van der Waals surface area contributed by atoms with Gasteiger partial charge in [-0.15, -0.1) is 11.3 Å². The highest BCUT2D eigenvalue weighted by Gasteiger charge is 2.22. The second kappa shape index (κ2) is 4.85. The molecule has 0 amide bonds. The molecule has 1 aromatic carbocycles. The van der Waals surface area contributed by atoms with Crippen LogP contribution >= 0.6 is 11.3 Å². The molecular weight excluding hydrogens is 238 g/mol. The highest BCUT2D eigenvalue weighted by Crippen LogP contribution is 2.35. The highest BCUT2D eigenvalue weighted by molar-refractivity contribution is 7.11. The van der Waals surface area contributed by atoms with Crippen LogP contribution in [0.15, 0.2) is 30.5 Å². The van der Waals surface area contributed by atoms with Gasteiger partial charge in [-0.3, -0.25) is 0 Å². The van der Waals surface area contributed by atoms with E-state index in [-0.39, 0.29) is 0 Å². The van der Waals surface area contributed by atoms with Crippen molar-refractivity contribution >= 4 is 11.3 Å². The Morgan fingerprint density at radius 2 is 2.00 bits per heavy atom. The van der Waals surface area contributed by atoms with Gasteiger partial charge in [-0.1, -0.05) is 38.1 Å². The Morgan fingerprint density at radius 3 is 2.72 bits per heavy atom. The quantitative estimate of drug-likeness (QED) is 0.769. The smallest absolute Gasteiger partial charge is 0.0962 e. The zero-order valence-electron chi connectivity index (χ0n) is 11.0. The predicted octanol–water partition coefficient (Wildman–Crippen LogP) is 4.54. The van der Waals surface area contributed by atoms with Crippen molar-refractivity contribution in [3.63, 3.8) is 0 Å². The molecule has 1 aliphatic carbocycles. The second-order valence-electron chi connectivity index (χ2n) is 5.46. The number of hydrogen-bond acceptors (Lipinski definition) is 2. The zero-order valence-corrected chi connectivity index (χ0v) is 11.8. The van der Waals surface area contributed by atoms with E-state index in [1.54, 1.807) is 0 Å². The molecule has 1 aliphatic rings. The van der Waals surface area contributed by atoms with Gasteiger partial charge >= 0.3 is 0 Å². The first-order valence-corrected chi connectivity index (χ1v) is 7.58. The molecule has 1 atom stereocenters. The molecule has 1 unspecified atom stereocenters. The van der Waals surface area contributed by atoms with Crippen LogP contribution in [0, 0.1) is 0 Å². The van der Waals surface area contributed by atoms with Crippen LogP contribution in [0.3, 0.4) is 0 Å². The molecule has 0 bridgehead atoms. The molecule has 0 spiro atoms. The number of benzene rings is 1. The molecule has 0 saturated carbocycles. The maximum Gasteiger partial charge on any atom is 0.0962 e. The standard InChI is InChI=1S/C16H19NS/c1-11(2)15-10-17-16(18-15)14-8-7-12-5-3-4-6-13(12)9-14/h3-6,10-11,14H,7-9H2,1-2H3. The third-order valence-corrected chi connectivity index (χ3v) is 5.27. The van der Waals surface area contributed by atoms with E-state index >= 15 is 0 Å². The van der Waals surface area contributed by atoms with Gasteiger partial charge < -0.3 is 0 Å². The van der Waals surface area contributed by atoms with Gasteiger partial charge in [0.2, 0.25) is 0 Å². The van der Waals surface area contributed by atoms with Crippen LogP contribution in [0.25, 0.3) is 0 Å². The Hall–Kier alpha value is -1.15. The predicted molar refractivity (Wildman–Crippen MR) is 77.4 cm³/mol. The van der Waals surface area contributed by atoms with Crippen molar-refractivity contribution in [1.82, 2.24) is 4.98 Å². The topological polar surface area (TPSA) is 12.9 Å². The summed E-state index contributed by atoms with van der Waals surface area (Å²) in [5, 5.41) is 1.34. The molecule has 1 nitrogen and oxygen atoms in total. The molecule has 0 saturated heterocycles. The van der Waals surface area contributed by atoms with Crippen LogP contribution in [0.4, 0.5) is 0 Å². The fourth-order valence-electron chi connectivity index (χ4n) is 2.66. The van der Waals surface area contributed by atoms with Crippen molar-refractivity contribution in [3.05, 3.63) is 51.5 Å². The molecular formula is C16H19NS. The van der Waals surface area contributed by atoms with Crippen molar-refractivity contribution < 1.29 is 0 Å². The van der Waals surface area contributed by atoms with Gasteiger partial charge in [-0.25, -0.2) is 4.98 Å². The number of rotatable bonds is 2. The van der Waals surface area contributed by atoms with Gasteiger partial charge in [0, 0.05) is 17.0 Å². The highest BCUT2D eigenvalue weighted by atomic mass is 32.1. The Balaban J connectivity index is 1.83. The summed E-state index contributed by atoms with van der Waals surface area (Å²) in [6.07, 6.45) is 5.70. The van der Waals surface area contributed by atoms with E-state index in [4.69, 9.17) is 0 Å². The van der Waals surface area contributed by atoms with E-state index in [9.17, 15) is 0 Å². The summed E-state index contributed by atoms with van der Waals surface area (Å²) in [4.78, 5) is 6.07. The molecule has 1 heterocycles. The fraction of sp³-hybridized carbons (Fsp3) is 0.438. The van der Waals surface area contributed by atoms with Gasteiger partial charge in [0.25, 0.3) is 0 Å². The number of hydrogen-bond donors (Lipinski definition) is 0. The summed E-state index contributed by atoms with van der Waals surface area (Å²) in [5.41, 5.74) is 3.06. The molecule has 0 aliphatic heterocycles. The third kappa shape index (κ3) is 2.22. The van der Waals surface area contributed by atoms with Gasteiger partial charge in [0.05, 0.1) is 5.01 Å². The molecule has 2 heteroatoms. The van der Waals surface area contributed by atoms with Gasteiger partial charge in [-0.05, 0) is 36.3 Å². The van der Waals surface area contributed by atoms with E-state index < -0.39 is 0 Å². The van der Waals surface area contributed by atoms with Crippen LogP contribution in [0.1, 0.15) is 53.1 Å². The van der Waals surface area contributed by atoms with Gasteiger partial charge in [0.15, 0.2) is 0 Å². The van der Waals surface area contributed by atoms with E-state index in [1.807, 2.05) is 11.3 Å². The minimum absolute atomic E-state index is 0.604. The minimum atomic E-state index is 0.604. The lowest BCUT2D eigenvalue weighted by Gasteiger charge is -2.22. The molecule has 2 aromatic rings. The molecule has 3 rings (SSSR count). The Labute approximate surface area is 113 Å². The lowest BCUT2D eigenvalue weighted by Crippen LogP contribution is -2.12. The lowest BCUT2D eigenvalue weighted by molar-refractivity contribution is 0.582. The maximum absolute atomic E-state index is 4.65. The Kier molecular flexibility index (Phi) is 3.21. The summed E-state index contributed by atoms with van der Waals surface area (Å²) in [7, 11) is 0. The first-order chi connectivity index (χ1) is 8.74. The maximum atomic E-state index is 4.65. The van der Waals surface area contributed by atoms with Crippen LogP contribution in [0.2, 0.25) is 0 Å². The van der Waals surface area contributed by atoms with Crippen LogP contribution in [-0.2, 0) is 12.8 Å². The number of nitrogens with zero attached hydrogens (tertiary/aromatic N) is 1. The summed E-state index contributed by atoms with van der Waals surface area (Å²) in [5.74, 6) is 1.24.